The Morgan fingerprint density at radius 3 is 2.38 bits per heavy atom. The van der Waals surface area contributed by atoms with Crippen LogP contribution in [-0.2, 0) is 16.6 Å². The van der Waals surface area contributed by atoms with Gasteiger partial charge in [0.1, 0.15) is 5.82 Å². The van der Waals surface area contributed by atoms with Crippen LogP contribution in [0.15, 0.2) is 77.6 Å². The maximum Gasteiger partial charge on any atom is 0.256 e. The van der Waals surface area contributed by atoms with Crippen LogP contribution in [0.2, 0.25) is 0 Å². The van der Waals surface area contributed by atoms with Crippen LogP contribution in [0.1, 0.15) is 41.1 Å². The maximum atomic E-state index is 13.6. The molecule has 0 aliphatic carbocycles. The molecule has 0 unspecified atom stereocenters. The number of sulfonamides is 1. The van der Waals surface area contributed by atoms with E-state index in [9.17, 15) is 17.6 Å². The van der Waals surface area contributed by atoms with Crippen molar-refractivity contribution in [2.45, 2.75) is 31.7 Å². The number of likely N-dealkylation sites (tertiary alicyclic amines) is 2. The second kappa shape index (κ2) is 13.9. The first-order valence-corrected chi connectivity index (χ1v) is 17.4. The molecule has 2 aliphatic heterocycles. The van der Waals surface area contributed by atoms with Crippen molar-refractivity contribution in [3.63, 3.8) is 0 Å². The fourth-order valence-electron chi connectivity index (χ4n) is 6.08. The number of para-hydroxylation sites is 1. The Morgan fingerprint density at radius 1 is 0.976 bits per heavy atom. The Hall–Kier alpha value is -3.05. The second-order valence-corrected chi connectivity index (χ2v) is 13.9. The number of hydrogen-bond acceptors (Lipinski definition) is 5. The summed E-state index contributed by atoms with van der Waals surface area (Å²) in [6, 6.07) is 18.7. The average Bonchev–Trinajstić information content (AvgIpc) is 3.77. The molecule has 0 saturated carbocycles. The molecule has 2 fully saturated rings. The summed E-state index contributed by atoms with van der Waals surface area (Å²) in [5.41, 5.74) is 2.75. The molecule has 1 amide bonds. The number of aromatic nitrogens is 1. The normalized spacial score (nSPS) is 18.2. The molecule has 2 aromatic heterocycles. The summed E-state index contributed by atoms with van der Waals surface area (Å²) in [4.78, 5) is 18.0. The quantitative estimate of drug-likeness (QED) is 0.289. The second-order valence-electron chi connectivity index (χ2n) is 11.2. The summed E-state index contributed by atoms with van der Waals surface area (Å²) in [7, 11) is -3.26. The van der Waals surface area contributed by atoms with E-state index in [0.29, 0.717) is 23.9 Å². The summed E-state index contributed by atoms with van der Waals surface area (Å²) in [5.74, 6) is 0.799. The van der Waals surface area contributed by atoms with Gasteiger partial charge in [-0.2, -0.15) is 11.3 Å². The molecule has 0 spiro atoms. The number of nitrogens with zero attached hydrogens (tertiary/aromatic N) is 3. The third-order valence-electron chi connectivity index (χ3n) is 8.18. The highest BCUT2D eigenvalue weighted by Crippen LogP contribution is 2.30. The summed E-state index contributed by atoms with van der Waals surface area (Å²) in [6.07, 6.45) is 6.21. The Labute approximate surface area is 252 Å². The van der Waals surface area contributed by atoms with Gasteiger partial charge in [-0.1, -0.05) is 36.4 Å². The molecule has 7 nitrogen and oxygen atoms in total. The third kappa shape index (κ3) is 8.06. The largest absolute Gasteiger partial charge is 0.346 e. The standard InChI is InChI=1S/C28H35FN4O3S.C4H4S/c1-37(35,36)30-13-18-32-17-12-24-3-2-4-26(27(24)32)28(34)33-16-9-21(20-33)19-31-14-10-23(11-15-31)22-5-7-25(29)8-6-22;1-2-4-5-3-1/h2-8,12,17,21,23,30H,9-11,13-16,18-20H2,1H3;1-4H/t21-;/m1./s1. The molecule has 2 saturated heterocycles. The predicted molar refractivity (Wildman–Crippen MR) is 168 cm³/mol. The highest BCUT2D eigenvalue weighted by atomic mass is 32.2. The fraction of sp³-hybridized carbons (Fsp3) is 0.406. The van der Waals surface area contributed by atoms with Gasteiger partial charge in [0.25, 0.3) is 5.91 Å². The molecule has 4 aromatic rings. The molecule has 0 bridgehead atoms. The summed E-state index contributed by atoms with van der Waals surface area (Å²) < 4.78 is 40.6. The Bertz CT molecular complexity index is 1530. The predicted octanol–water partition coefficient (Wildman–Crippen LogP) is 5.42. The van der Waals surface area contributed by atoms with Crippen molar-refractivity contribution in [1.82, 2.24) is 19.1 Å². The molecule has 4 heterocycles. The minimum atomic E-state index is -3.26. The lowest BCUT2D eigenvalue weighted by Crippen LogP contribution is -2.38. The van der Waals surface area contributed by atoms with Gasteiger partial charge in [0.15, 0.2) is 0 Å². The van der Waals surface area contributed by atoms with Gasteiger partial charge in [-0.25, -0.2) is 17.5 Å². The van der Waals surface area contributed by atoms with E-state index in [1.165, 1.54) is 5.56 Å². The van der Waals surface area contributed by atoms with Crippen LogP contribution >= 0.6 is 11.3 Å². The highest BCUT2D eigenvalue weighted by Gasteiger charge is 2.31. The van der Waals surface area contributed by atoms with E-state index in [0.717, 1.165) is 69.1 Å². The monoisotopic (exact) mass is 610 g/mol. The molecule has 224 valence electrons. The zero-order chi connectivity index (χ0) is 29.5. The SMILES string of the molecule is CS(=O)(=O)NCCn1ccc2cccc(C(=O)N3CC[C@H](CN4CCC(c5ccc(F)cc5)CC4)C3)c21.c1ccsc1. The van der Waals surface area contributed by atoms with Gasteiger partial charge in [0, 0.05) is 44.3 Å². The van der Waals surface area contributed by atoms with Gasteiger partial charge in [0.2, 0.25) is 10.0 Å². The minimum absolute atomic E-state index is 0.0409. The molecule has 1 atom stereocenters. The number of fused-ring (bicyclic) bond motifs is 1. The number of halogens is 1. The van der Waals surface area contributed by atoms with E-state index in [1.54, 1.807) is 23.5 Å². The van der Waals surface area contributed by atoms with Gasteiger partial charge >= 0.3 is 0 Å². The summed E-state index contributed by atoms with van der Waals surface area (Å²) in [5, 5.41) is 5.06. The van der Waals surface area contributed by atoms with E-state index in [1.807, 2.05) is 75.0 Å². The number of carbonyl (C=O) groups is 1. The molecular formula is C32H39FN4O3S2. The number of rotatable bonds is 8. The summed E-state index contributed by atoms with van der Waals surface area (Å²) in [6.45, 7) is 5.29. The van der Waals surface area contributed by atoms with Gasteiger partial charge in [-0.05, 0) is 84.8 Å². The van der Waals surface area contributed by atoms with Crippen LogP contribution in [0.3, 0.4) is 0 Å². The molecule has 6 rings (SSSR count). The van der Waals surface area contributed by atoms with Crippen molar-refractivity contribution in [3.05, 3.63) is 94.6 Å². The molecule has 42 heavy (non-hydrogen) atoms. The Balaban J connectivity index is 0.000000639. The van der Waals surface area contributed by atoms with E-state index >= 15 is 0 Å². The first kappa shape index (κ1) is 30.4. The molecule has 2 aliphatic rings. The van der Waals surface area contributed by atoms with Crippen LogP contribution in [0, 0.1) is 11.7 Å². The van der Waals surface area contributed by atoms with Crippen LogP contribution in [-0.4, -0.2) is 74.2 Å². The van der Waals surface area contributed by atoms with Gasteiger partial charge in [-0.3, -0.25) is 4.79 Å². The average molecular weight is 611 g/mol. The van der Waals surface area contributed by atoms with Crippen molar-refractivity contribution in [3.8, 4) is 0 Å². The highest BCUT2D eigenvalue weighted by molar-refractivity contribution is 7.88. The zero-order valence-corrected chi connectivity index (χ0v) is 25.6. The number of amides is 1. The molecule has 0 radical (unpaired) electrons. The smallest absolute Gasteiger partial charge is 0.256 e. The van der Waals surface area contributed by atoms with Crippen LogP contribution < -0.4 is 4.72 Å². The summed E-state index contributed by atoms with van der Waals surface area (Å²) >= 11 is 1.71. The van der Waals surface area contributed by atoms with Gasteiger partial charge in [0.05, 0.1) is 17.3 Å². The Kier molecular flexibility index (Phi) is 10.1. The van der Waals surface area contributed by atoms with Crippen LogP contribution in [0.4, 0.5) is 4.39 Å². The molecule has 1 N–H and O–H groups in total. The van der Waals surface area contributed by atoms with Gasteiger partial charge < -0.3 is 14.4 Å². The third-order valence-corrected chi connectivity index (χ3v) is 9.54. The van der Waals surface area contributed by atoms with Crippen LogP contribution in [0.25, 0.3) is 10.9 Å². The first-order chi connectivity index (χ1) is 20.3. The van der Waals surface area contributed by atoms with Crippen molar-refractivity contribution >= 4 is 38.2 Å². The lowest BCUT2D eigenvalue weighted by molar-refractivity contribution is 0.0783. The van der Waals surface area contributed by atoms with E-state index < -0.39 is 10.0 Å². The Morgan fingerprint density at radius 2 is 1.71 bits per heavy atom. The zero-order valence-electron chi connectivity index (χ0n) is 24.0. The van der Waals surface area contributed by atoms with Crippen molar-refractivity contribution in [2.75, 3.05) is 45.5 Å². The van der Waals surface area contributed by atoms with Gasteiger partial charge in [-0.15, -0.1) is 0 Å². The van der Waals surface area contributed by atoms with Crippen molar-refractivity contribution in [1.29, 1.82) is 0 Å². The number of nitrogens with one attached hydrogen (secondary N) is 1. The number of carbonyl (C=O) groups excluding carboxylic acids is 1. The number of benzene rings is 2. The first-order valence-electron chi connectivity index (χ1n) is 14.5. The molecule has 2 aromatic carbocycles. The van der Waals surface area contributed by atoms with E-state index in [-0.39, 0.29) is 18.3 Å². The number of hydrogen-bond donors (Lipinski definition) is 1. The van der Waals surface area contributed by atoms with Crippen molar-refractivity contribution in [2.24, 2.45) is 5.92 Å². The topological polar surface area (TPSA) is 74.6 Å². The number of thiophene rings is 1. The maximum absolute atomic E-state index is 13.6. The number of piperidine rings is 1. The van der Waals surface area contributed by atoms with E-state index in [4.69, 9.17) is 0 Å². The molecule has 10 heteroatoms. The lowest BCUT2D eigenvalue weighted by atomic mass is 9.89. The fourth-order valence-corrected chi connectivity index (χ4v) is 7.00. The van der Waals surface area contributed by atoms with Crippen LogP contribution in [0.5, 0.6) is 0 Å². The minimum Gasteiger partial charge on any atom is -0.346 e. The van der Waals surface area contributed by atoms with E-state index in [2.05, 4.69) is 9.62 Å². The van der Waals surface area contributed by atoms with Crippen molar-refractivity contribution < 1.29 is 17.6 Å². The molecular weight excluding hydrogens is 572 g/mol. The lowest BCUT2D eigenvalue weighted by Gasteiger charge is -2.33.